The van der Waals surface area contributed by atoms with E-state index in [9.17, 15) is 4.79 Å². The van der Waals surface area contributed by atoms with Gasteiger partial charge in [0.1, 0.15) is 5.75 Å². The summed E-state index contributed by atoms with van der Waals surface area (Å²) in [6.45, 7) is 6.13. The molecule has 0 saturated carbocycles. The zero-order valence-electron chi connectivity index (χ0n) is 12.5. The van der Waals surface area contributed by atoms with Crippen LogP contribution in [0.25, 0.3) is 6.08 Å². The van der Waals surface area contributed by atoms with Crippen molar-refractivity contribution in [3.05, 3.63) is 35.4 Å². The molecule has 21 heavy (non-hydrogen) atoms. The van der Waals surface area contributed by atoms with Crippen molar-refractivity contribution in [2.45, 2.75) is 26.2 Å². The Labute approximate surface area is 126 Å². The fraction of sp³-hybridized carbons (Fsp3) is 0.471. The normalized spacial score (nSPS) is 15.7. The molecule has 0 aromatic heterocycles. The molecule has 0 spiro atoms. The lowest BCUT2D eigenvalue weighted by molar-refractivity contribution is -0.131. The molecule has 1 saturated heterocycles. The molecule has 0 radical (unpaired) electrons. The van der Waals surface area contributed by atoms with Crippen LogP contribution in [0, 0.1) is 6.92 Å². The monoisotopic (exact) mass is 289 g/mol. The Morgan fingerprint density at radius 1 is 1.38 bits per heavy atom. The first-order chi connectivity index (χ1) is 10.1. The summed E-state index contributed by atoms with van der Waals surface area (Å²) < 4.78 is 5.81. The third kappa shape index (κ3) is 5.23. The largest absolute Gasteiger partial charge is 0.493 e. The third-order valence-corrected chi connectivity index (χ3v) is 3.65. The molecule has 4 heteroatoms. The van der Waals surface area contributed by atoms with Crippen molar-refractivity contribution in [2.75, 3.05) is 26.2 Å². The van der Waals surface area contributed by atoms with Crippen LogP contribution in [-0.2, 0) is 4.79 Å². The number of carboxylic acids is 1. The molecule has 2 rings (SSSR count). The Balaban J connectivity index is 1.87. The highest BCUT2D eigenvalue weighted by atomic mass is 16.5. The van der Waals surface area contributed by atoms with Crippen LogP contribution >= 0.6 is 0 Å². The Hall–Kier alpha value is -1.81. The summed E-state index contributed by atoms with van der Waals surface area (Å²) in [5, 5.41) is 8.74. The number of aliphatic carboxylic acids is 1. The van der Waals surface area contributed by atoms with Crippen LogP contribution in [0.5, 0.6) is 5.75 Å². The molecule has 114 valence electrons. The van der Waals surface area contributed by atoms with Crippen LogP contribution in [0.2, 0.25) is 0 Å². The van der Waals surface area contributed by atoms with Gasteiger partial charge in [0.2, 0.25) is 0 Å². The first kappa shape index (κ1) is 15.6. The molecule has 1 N–H and O–H groups in total. The van der Waals surface area contributed by atoms with Crippen molar-refractivity contribution < 1.29 is 14.6 Å². The molecule has 1 heterocycles. The molecule has 0 aliphatic carbocycles. The van der Waals surface area contributed by atoms with Gasteiger partial charge in [0.15, 0.2) is 0 Å². The van der Waals surface area contributed by atoms with E-state index in [0.29, 0.717) is 6.61 Å². The summed E-state index contributed by atoms with van der Waals surface area (Å²) in [5.74, 6) is -0.198. The minimum atomic E-state index is -0.948. The van der Waals surface area contributed by atoms with Gasteiger partial charge in [-0.3, -0.25) is 0 Å². The van der Waals surface area contributed by atoms with Crippen LogP contribution < -0.4 is 4.74 Å². The molecule has 1 aromatic carbocycles. The first-order valence-corrected chi connectivity index (χ1v) is 7.52. The van der Waals surface area contributed by atoms with Crippen molar-refractivity contribution in [1.29, 1.82) is 0 Å². The van der Waals surface area contributed by atoms with Gasteiger partial charge in [0.05, 0.1) is 6.61 Å². The molecule has 4 nitrogen and oxygen atoms in total. The average Bonchev–Trinajstić information content (AvgIpc) is 2.96. The van der Waals surface area contributed by atoms with Gasteiger partial charge in [-0.05, 0) is 57.5 Å². The molecular formula is C17H23NO3. The van der Waals surface area contributed by atoms with Crippen LogP contribution in [0.1, 0.15) is 30.4 Å². The number of aryl methyl sites for hydroxylation is 1. The number of carboxylic acid groups (broad SMARTS) is 1. The maximum absolute atomic E-state index is 10.6. The van der Waals surface area contributed by atoms with Gasteiger partial charge in [0.25, 0.3) is 0 Å². The summed E-state index contributed by atoms with van der Waals surface area (Å²) in [4.78, 5) is 13.1. The maximum Gasteiger partial charge on any atom is 0.328 e. The van der Waals surface area contributed by atoms with E-state index in [1.54, 1.807) is 6.08 Å². The van der Waals surface area contributed by atoms with Crippen LogP contribution in [0.4, 0.5) is 0 Å². The average molecular weight is 289 g/mol. The van der Waals surface area contributed by atoms with Crippen LogP contribution in [-0.4, -0.2) is 42.2 Å². The summed E-state index contributed by atoms with van der Waals surface area (Å²) in [6, 6.07) is 5.83. The van der Waals surface area contributed by atoms with Crippen molar-refractivity contribution in [3.63, 3.8) is 0 Å². The summed E-state index contributed by atoms with van der Waals surface area (Å²) in [7, 11) is 0. The van der Waals surface area contributed by atoms with Crippen LogP contribution in [0.3, 0.4) is 0 Å². The van der Waals surface area contributed by atoms with E-state index in [1.807, 2.05) is 25.1 Å². The number of rotatable bonds is 7. The van der Waals surface area contributed by atoms with Gasteiger partial charge >= 0.3 is 5.97 Å². The highest BCUT2D eigenvalue weighted by Crippen LogP contribution is 2.22. The fourth-order valence-corrected chi connectivity index (χ4v) is 2.57. The summed E-state index contributed by atoms with van der Waals surface area (Å²) in [5.41, 5.74) is 1.91. The minimum Gasteiger partial charge on any atom is -0.493 e. The predicted molar refractivity (Wildman–Crippen MR) is 83.6 cm³/mol. The van der Waals surface area contributed by atoms with Crippen molar-refractivity contribution in [3.8, 4) is 5.75 Å². The Morgan fingerprint density at radius 3 is 2.86 bits per heavy atom. The molecule has 0 atom stereocenters. The molecule has 1 aliphatic heterocycles. The van der Waals surface area contributed by atoms with E-state index in [4.69, 9.17) is 9.84 Å². The van der Waals surface area contributed by atoms with E-state index in [-0.39, 0.29) is 0 Å². The number of hydrogen-bond donors (Lipinski definition) is 1. The second-order valence-electron chi connectivity index (χ2n) is 5.46. The molecule has 1 aromatic rings. The van der Waals surface area contributed by atoms with E-state index in [2.05, 4.69) is 4.90 Å². The fourth-order valence-electron chi connectivity index (χ4n) is 2.57. The summed E-state index contributed by atoms with van der Waals surface area (Å²) in [6.07, 6.45) is 6.35. The molecule has 0 unspecified atom stereocenters. The molecule has 1 fully saturated rings. The molecule has 0 bridgehead atoms. The Morgan fingerprint density at radius 2 is 2.14 bits per heavy atom. The lowest BCUT2D eigenvalue weighted by Crippen LogP contribution is -2.21. The van der Waals surface area contributed by atoms with Gasteiger partial charge in [-0.2, -0.15) is 0 Å². The Kier molecular flexibility index (Phi) is 5.81. The van der Waals surface area contributed by atoms with Gasteiger partial charge in [-0.25, -0.2) is 4.79 Å². The number of likely N-dealkylation sites (tertiary alicyclic amines) is 1. The van der Waals surface area contributed by atoms with Gasteiger partial charge < -0.3 is 14.7 Å². The number of carbonyl (C=O) groups is 1. The standard InChI is InChI=1S/C17H23NO3/c1-14-5-7-16(15(13-14)6-8-17(19)20)21-12-4-11-18-9-2-3-10-18/h5-8,13H,2-4,9-12H2,1H3,(H,19,20). The lowest BCUT2D eigenvalue weighted by Gasteiger charge is -2.15. The first-order valence-electron chi connectivity index (χ1n) is 7.52. The topological polar surface area (TPSA) is 49.8 Å². The maximum atomic E-state index is 10.6. The highest BCUT2D eigenvalue weighted by Gasteiger charge is 2.10. The predicted octanol–water partition coefficient (Wildman–Crippen LogP) is 2.96. The van der Waals surface area contributed by atoms with Crippen LogP contribution in [0.15, 0.2) is 24.3 Å². The zero-order chi connectivity index (χ0) is 15.1. The van der Waals surface area contributed by atoms with Gasteiger partial charge in [0, 0.05) is 18.2 Å². The van der Waals surface area contributed by atoms with Crippen molar-refractivity contribution >= 4 is 12.0 Å². The highest BCUT2D eigenvalue weighted by molar-refractivity contribution is 5.85. The van der Waals surface area contributed by atoms with Gasteiger partial charge in [-0.15, -0.1) is 0 Å². The van der Waals surface area contributed by atoms with Gasteiger partial charge in [-0.1, -0.05) is 11.6 Å². The third-order valence-electron chi connectivity index (χ3n) is 3.65. The smallest absolute Gasteiger partial charge is 0.328 e. The second-order valence-corrected chi connectivity index (χ2v) is 5.46. The number of hydrogen-bond acceptors (Lipinski definition) is 3. The minimum absolute atomic E-state index is 0.660. The molecular weight excluding hydrogens is 266 g/mol. The number of ether oxygens (including phenoxy) is 1. The van der Waals surface area contributed by atoms with Crippen molar-refractivity contribution in [2.24, 2.45) is 0 Å². The number of benzene rings is 1. The summed E-state index contributed by atoms with van der Waals surface area (Å²) >= 11 is 0. The van der Waals surface area contributed by atoms with E-state index in [1.165, 1.54) is 25.9 Å². The Bertz CT molecular complexity index is 505. The molecule has 0 amide bonds. The zero-order valence-corrected chi connectivity index (χ0v) is 12.5. The second kappa shape index (κ2) is 7.84. The van der Waals surface area contributed by atoms with E-state index >= 15 is 0 Å². The lowest BCUT2D eigenvalue weighted by atomic mass is 10.1. The van der Waals surface area contributed by atoms with E-state index < -0.39 is 5.97 Å². The van der Waals surface area contributed by atoms with Crippen molar-refractivity contribution in [1.82, 2.24) is 4.90 Å². The van der Waals surface area contributed by atoms with E-state index in [0.717, 1.165) is 35.9 Å². The molecule has 1 aliphatic rings. The SMILES string of the molecule is Cc1ccc(OCCCN2CCCC2)c(C=CC(=O)O)c1. The number of nitrogens with zero attached hydrogens (tertiary/aromatic N) is 1. The quantitative estimate of drug-likeness (QED) is 0.619.